The normalized spacial score (nSPS) is 14.8. The molecule has 1 N–H and O–H groups in total. The molecule has 38 heavy (non-hydrogen) atoms. The molecule has 5 aromatic rings. The lowest BCUT2D eigenvalue weighted by Gasteiger charge is -2.43. The number of carbonyl (C=O) groups excluding carboxylic acids is 1. The molecule has 1 amide bonds. The zero-order valence-corrected chi connectivity index (χ0v) is 22.2. The van der Waals surface area contributed by atoms with Crippen molar-refractivity contribution in [3.8, 4) is 22.4 Å². The molecule has 7 heteroatoms. The van der Waals surface area contributed by atoms with E-state index in [1.54, 1.807) is 0 Å². The Morgan fingerprint density at radius 2 is 1.74 bits per heavy atom. The van der Waals surface area contributed by atoms with Crippen LogP contribution < -0.4 is 5.32 Å². The lowest BCUT2D eigenvalue weighted by Crippen LogP contribution is -2.52. The number of pyridine rings is 1. The smallest absolute Gasteiger partial charge is 0.408 e. The third-order valence-electron chi connectivity index (χ3n) is 7.12. The van der Waals surface area contributed by atoms with Crippen molar-refractivity contribution in [1.29, 1.82) is 0 Å². The number of benzene rings is 2. The molecule has 1 fully saturated rings. The second-order valence-corrected chi connectivity index (χ2v) is 11.1. The molecule has 0 aliphatic heterocycles. The van der Waals surface area contributed by atoms with Gasteiger partial charge < -0.3 is 10.1 Å². The van der Waals surface area contributed by atoms with Crippen molar-refractivity contribution in [2.75, 3.05) is 0 Å². The Kier molecular flexibility index (Phi) is 5.67. The van der Waals surface area contributed by atoms with Crippen molar-refractivity contribution >= 4 is 22.8 Å². The van der Waals surface area contributed by atoms with Gasteiger partial charge in [0.25, 0.3) is 0 Å². The standard InChI is InChI=1S/C31H31N5O2/c1-20-17-26-32-19-23-18-25(21-9-6-5-7-10-21)27(33-28(23)36(26)35-20)22-11-13-24(14-12-22)31(15-8-16-31)34-29(37)38-30(2,3)4/h5-7,9-14,17-19H,8,15-16H2,1-4H3,(H,34,37). The van der Waals surface area contributed by atoms with Crippen LogP contribution in [0.3, 0.4) is 0 Å². The largest absolute Gasteiger partial charge is 0.444 e. The molecule has 1 saturated carbocycles. The molecule has 0 bridgehead atoms. The van der Waals surface area contributed by atoms with E-state index in [4.69, 9.17) is 9.72 Å². The van der Waals surface area contributed by atoms with Crippen LogP contribution in [0, 0.1) is 6.92 Å². The number of hydrogen-bond acceptors (Lipinski definition) is 5. The van der Waals surface area contributed by atoms with Gasteiger partial charge in [0.15, 0.2) is 11.3 Å². The number of aromatic nitrogens is 4. The second kappa shape index (κ2) is 8.94. The van der Waals surface area contributed by atoms with Gasteiger partial charge in [-0.2, -0.15) is 9.61 Å². The zero-order valence-electron chi connectivity index (χ0n) is 22.2. The highest BCUT2D eigenvalue weighted by atomic mass is 16.6. The Hall–Kier alpha value is -4.26. The van der Waals surface area contributed by atoms with Gasteiger partial charge >= 0.3 is 6.09 Å². The molecule has 0 atom stereocenters. The van der Waals surface area contributed by atoms with Crippen LogP contribution in [0.4, 0.5) is 4.79 Å². The number of nitrogens with zero attached hydrogens (tertiary/aromatic N) is 4. The summed E-state index contributed by atoms with van der Waals surface area (Å²) in [5.74, 6) is 0. The molecule has 0 unspecified atom stereocenters. The van der Waals surface area contributed by atoms with Crippen molar-refractivity contribution in [3.63, 3.8) is 0 Å². The molecular formula is C31H31N5O2. The van der Waals surface area contributed by atoms with Crippen molar-refractivity contribution in [1.82, 2.24) is 24.9 Å². The van der Waals surface area contributed by atoms with Gasteiger partial charge in [-0.3, -0.25) is 0 Å². The van der Waals surface area contributed by atoms with Gasteiger partial charge in [0.1, 0.15) is 5.60 Å². The topological polar surface area (TPSA) is 81.4 Å². The summed E-state index contributed by atoms with van der Waals surface area (Å²) in [5.41, 5.74) is 6.56. The molecule has 3 heterocycles. The van der Waals surface area contributed by atoms with Gasteiger partial charge in [0.05, 0.1) is 16.9 Å². The Bertz CT molecular complexity index is 1650. The van der Waals surface area contributed by atoms with Crippen LogP contribution in [0.15, 0.2) is 72.9 Å². The van der Waals surface area contributed by atoms with Gasteiger partial charge in [-0.05, 0) is 64.2 Å². The van der Waals surface area contributed by atoms with Crippen molar-refractivity contribution in [3.05, 3.63) is 84.2 Å². The summed E-state index contributed by atoms with van der Waals surface area (Å²) in [6.07, 6.45) is 4.32. The molecule has 1 aliphatic carbocycles. The van der Waals surface area contributed by atoms with Gasteiger partial charge in [-0.15, -0.1) is 0 Å². The molecule has 192 valence electrons. The maximum absolute atomic E-state index is 12.6. The third kappa shape index (κ3) is 4.38. The number of ether oxygens (including phenoxy) is 1. The SMILES string of the molecule is Cc1cc2ncc3cc(-c4ccccc4)c(-c4ccc(C5(NC(=O)OC(C)(C)C)CCC5)cc4)nc3n2n1. The first kappa shape index (κ1) is 24.1. The number of aryl methyl sites for hydroxylation is 1. The number of fused-ring (bicyclic) bond motifs is 3. The van der Waals surface area contributed by atoms with Gasteiger partial charge in [0.2, 0.25) is 0 Å². The van der Waals surface area contributed by atoms with Crippen LogP contribution in [-0.2, 0) is 10.3 Å². The van der Waals surface area contributed by atoms with E-state index in [0.717, 1.165) is 69.6 Å². The summed E-state index contributed by atoms with van der Waals surface area (Å²) in [6, 6.07) is 22.8. The lowest BCUT2D eigenvalue weighted by atomic mass is 9.71. The molecule has 0 radical (unpaired) electrons. The highest BCUT2D eigenvalue weighted by Crippen LogP contribution is 2.42. The highest BCUT2D eigenvalue weighted by molar-refractivity contribution is 5.90. The molecule has 0 saturated heterocycles. The molecule has 7 nitrogen and oxygen atoms in total. The fourth-order valence-corrected chi connectivity index (χ4v) is 5.17. The summed E-state index contributed by atoms with van der Waals surface area (Å²) < 4.78 is 7.36. The lowest BCUT2D eigenvalue weighted by molar-refractivity contribution is 0.0377. The molecule has 1 aliphatic rings. The van der Waals surface area contributed by atoms with Gasteiger partial charge in [0, 0.05) is 28.8 Å². The summed E-state index contributed by atoms with van der Waals surface area (Å²) in [6.45, 7) is 7.60. The number of amides is 1. The molecule has 3 aromatic heterocycles. The summed E-state index contributed by atoms with van der Waals surface area (Å²) >= 11 is 0. The van der Waals surface area contributed by atoms with E-state index in [1.165, 1.54) is 0 Å². The Morgan fingerprint density at radius 3 is 2.39 bits per heavy atom. The van der Waals surface area contributed by atoms with Crippen LogP contribution in [0.2, 0.25) is 0 Å². The van der Waals surface area contributed by atoms with Crippen molar-refractivity contribution in [2.45, 2.75) is 58.1 Å². The maximum atomic E-state index is 12.6. The highest BCUT2D eigenvalue weighted by Gasteiger charge is 2.41. The number of rotatable bonds is 4. The fourth-order valence-electron chi connectivity index (χ4n) is 5.17. The zero-order chi connectivity index (χ0) is 26.5. The predicted octanol–water partition coefficient (Wildman–Crippen LogP) is 6.82. The Labute approximate surface area is 221 Å². The maximum Gasteiger partial charge on any atom is 0.408 e. The average molecular weight is 506 g/mol. The first-order valence-electron chi connectivity index (χ1n) is 13.0. The number of nitrogens with one attached hydrogen (secondary N) is 1. The monoisotopic (exact) mass is 505 g/mol. The number of hydrogen-bond donors (Lipinski definition) is 1. The Morgan fingerprint density at radius 1 is 1.00 bits per heavy atom. The quantitative estimate of drug-likeness (QED) is 0.290. The first-order valence-corrected chi connectivity index (χ1v) is 13.0. The summed E-state index contributed by atoms with van der Waals surface area (Å²) in [5, 5.41) is 8.71. The van der Waals surface area contributed by atoms with Crippen LogP contribution in [0.25, 0.3) is 39.1 Å². The van der Waals surface area contributed by atoms with E-state index >= 15 is 0 Å². The van der Waals surface area contributed by atoms with Crippen molar-refractivity contribution < 1.29 is 9.53 Å². The first-order chi connectivity index (χ1) is 18.2. The minimum atomic E-state index is -0.539. The van der Waals surface area contributed by atoms with Crippen molar-refractivity contribution in [2.24, 2.45) is 0 Å². The van der Waals surface area contributed by atoms with Crippen LogP contribution in [0.1, 0.15) is 51.3 Å². The molecular weight excluding hydrogens is 474 g/mol. The average Bonchev–Trinajstić information content (AvgIpc) is 3.26. The van der Waals surface area contributed by atoms with E-state index < -0.39 is 11.1 Å². The Balaban J connectivity index is 1.43. The predicted molar refractivity (Wildman–Crippen MR) is 149 cm³/mol. The number of alkyl carbamates (subject to hydrolysis) is 1. The van der Waals surface area contributed by atoms with Crippen LogP contribution >= 0.6 is 0 Å². The van der Waals surface area contributed by atoms with E-state index in [1.807, 2.05) is 62.7 Å². The summed E-state index contributed by atoms with van der Waals surface area (Å²) in [4.78, 5) is 22.3. The van der Waals surface area contributed by atoms with E-state index in [0.29, 0.717) is 0 Å². The fraction of sp³-hybridized carbons (Fsp3) is 0.290. The summed E-state index contributed by atoms with van der Waals surface area (Å²) in [7, 11) is 0. The van der Waals surface area contributed by atoms with Gasteiger partial charge in [-0.25, -0.2) is 14.8 Å². The second-order valence-electron chi connectivity index (χ2n) is 11.1. The third-order valence-corrected chi connectivity index (χ3v) is 7.12. The number of carbonyl (C=O) groups is 1. The van der Waals surface area contributed by atoms with E-state index in [9.17, 15) is 4.79 Å². The molecule has 0 spiro atoms. The molecule has 2 aromatic carbocycles. The van der Waals surface area contributed by atoms with Crippen LogP contribution in [-0.4, -0.2) is 31.3 Å². The van der Waals surface area contributed by atoms with Gasteiger partial charge in [-0.1, -0.05) is 54.6 Å². The molecule has 6 rings (SSSR count). The minimum absolute atomic E-state index is 0.379. The van der Waals surface area contributed by atoms with Crippen LogP contribution in [0.5, 0.6) is 0 Å². The van der Waals surface area contributed by atoms with E-state index in [2.05, 4.69) is 57.9 Å². The van der Waals surface area contributed by atoms with E-state index in [-0.39, 0.29) is 6.09 Å². The minimum Gasteiger partial charge on any atom is -0.444 e.